The Hall–Kier alpha value is -1.26. The summed E-state index contributed by atoms with van der Waals surface area (Å²) in [5.74, 6) is 1.71. The monoisotopic (exact) mass is 264 g/mol. The first-order valence-electron chi connectivity index (χ1n) is 6.00. The summed E-state index contributed by atoms with van der Waals surface area (Å²) in [6.07, 6.45) is 2.43. The van der Waals surface area contributed by atoms with E-state index in [1.165, 1.54) is 0 Å². The van der Waals surface area contributed by atoms with E-state index in [9.17, 15) is 4.79 Å². The number of amides is 1. The van der Waals surface area contributed by atoms with Gasteiger partial charge in [0.25, 0.3) is 0 Å². The van der Waals surface area contributed by atoms with Crippen molar-refractivity contribution in [1.29, 1.82) is 0 Å². The number of carbonyl (C=O) groups is 1. The number of rotatable bonds is 8. The second-order valence-electron chi connectivity index (χ2n) is 3.95. The van der Waals surface area contributed by atoms with E-state index in [0.717, 1.165) is 17.1 Å². The fourth-order valence-corrected chi connectivity index (χ4v) is 2.08. The van der Waals surface area contributed by atoms with Crippen molar-refractivity contribution in [3.05, 3.63) is 48.6 Å². The first-order chi connectivity index (χ1) is 8.74. The highest BCUT2D eigenvalue weighted by Gasteiger charge is 2.12. The molecule has 0 aliphatic carbocycles. The van der Waals surface area contributed by atoms with Crippen LogP contribution in [-0.2, 0) is 11.2 Å². The van der Waals surface area contributed by atoms with Gasteiger partial charge in [0.2, 0.25) is 5.91 Å². The third-order valence-corrected chi connectivity index (χ3v) is 3.38. The average Bonchev–Trinajstić information content (AvgIpc) is 2.39. The lowest BCUT2D eigenvalue weighted by Gasteiger charge is -2.12. The minimum Gasteiger partial charge on any atom is -0.354 e. The second-order valence-corrected chi connectivity index (χ2v) is 5.10. The summed E-state index contributed by atoms with van der Waals surface area (Å²) in [6, 6.07) is 9.33. The molecule has 0 fully saturated rings. The maximum Gasteiger partial charge on any atom is 0.237 e. The molecule has 18 heavy (non-hydrogen) atoms. The van der Waals surface area contributed by atoms with Crippen LogP contribution >= 0.6 is 11.8 Å². The maximum atomic E-state index is 11.7. The summed E-state index contributed by atoms with van der Waals surface area (Å²) in [6.45, 7) is 4.29. The van der Waals surface area contributed by atoms with Crippen LogP contribution in [0.2, 0.25) is 0 Å². The fraction of sp³-hybridized carbons (Fsp3) is 0.357. The van der Waals surface area contributed by atoms with E-state index in [0.29, 0.717) is 13.0 Å². The molecule has 3 N–H and O–H groups in total. The van der Waals surface area contributed by atoms with Gasteiger partial charge in [-0.05, 0) is 12.0 Å². The molecule has 0 aliphatic heterocycles. The first kappa shape index (κ1) is 14.8. The molecule has 0 heterocycles. The molecule has 1 atom stereocenters. The van der Waals surface area contributed by atoms with Crippen molar-refractivity contribution in [2.24, 2.45) is 5.73 Å². The summed E-state index contributed by atoms with van der Waals surface area (Å²) in [7, 11) is 0. The smallest absolute Gasteiger partial charge is 0.237 e. The van der Waals surface area contributed by atoms with Crippen LogP contribution in [0.25, 0.3) is 0 Å². The summed E-state index contributed by atoms with van der Waals surface area (Å²) in [4.78, 5) is 11.7. The maximum absolute atomic E-state index is 11.7. The molecule has 1 rings (SSSR count). The Morgan fingerprint density at radius 2 is 2.17 bits per heavy atom. The number of nitrogens with one attached hydrogen (secondary N) is 1. The highest BCUT2D eigenvalue weighted by atomic mass is 32.2. The van der Waals surface area contributed by atoms with E-state index in [-0.39, 0.29) is 5.91 Å². The number of carbonyl (C=O) groups excluding carboxylic acids is 1. The van der Waals surface area contributed by atoms with E-state index in [2.05, 4.69) is 11.9 Å². The largest absolute Gasteiger partial charge is 0.354 e. The van der Waals surface area contributed by atoms with Crippen LogP contribution in [0.5, 0.6) is 0 Å². The van der Waals surface area contributed by atoms with Crippen molar-refractivity contribution in [2.45, 2.75) is 12.5 Å². The Balaban J connectivity index is 2.23. The third-order valence-electron chi connectivity index (χ3n) is 2.42. The molecule has 1 amide bonds. The van der Waals surface area contributed by atoms with Crippen molar-refractivity contribution < 1.29 is 4.79 Å². The van der Waals surface area contributed by atoms with Crippen LogP contribution in [0, 0.1) is 0 Å². The quantitative estimate of drug-likeness (QED) is 0.554. The van der Waals surface area contributed by atoms with Gasteiger partial charge in [0.1, 0.15) is 0 Å². The molecule has 0 unspecified atom stereocenters. The lowest BCUT2D eigenvalue weighted by molar-refractivity contribution is -0.122. The van der Waals surface area contributed by atoms with Crippen LogP contribution in [-0.4, -0.2) is 30.0 Å². The van der Waals surface area contributed by atoms with Gasteiger partial charge in [-0.15, -0.1) is 6.58 Å². The van der Waals surface area contributed by atoms with Crippen molar-refractivity contribution in [2.75, 3.05) is 18.1 Å². The Bertz CT molecular complexity index is 367. The third kappa shape index (κ3) is 5.89. The van der Waals surface area contributed by atoms with E-state index in [4.69, 9.17) is 5.73 Å². The zero-order valence-electron chi connectivity index (χ0n) is 10.5. The molecule has 1 aromatic rings. The topological polar surface area (TPSA) is 55.1 Å². The highest BCUT2D eigenvalue weighted by Crippen LogP contribution is 2.02. The zero-order valence-corrected chi connectivity index (χ0v) is 11.3. The standard InChI is InChI=1S/C14H20N2OS/c1-2-9-18-10-8-16-14(17)13(15)11-12-6-4-3-5-7-12/h2-7,13H,1,8-11,15H2,(H,16,17)/t13-/m0/s1. The second kappa shape index (κ2) is 8.78. The van der Waals surface area contributed by atoms with Gasteiger partial charge in [0.05, 0.1) is 6.04 Å². The molecule has 3 nitrogen and oxygen atoms in total. The summed E-state index contributed by atoms with van der Waals surface area (Å²) in [5.41, 5.74) is 6.94. The minimum atomic E-state index is -0.475. The molecule has 0 radical (unpaired) electrons. The van der Waals surface area contributed by atoms with Gasteiger partial charge < -0.3 is 11.1 Å². The SMILES string of the molecule is C=CCSCCNC(=O)[C@@H](N)Cc1ccccc1. The van der Waals surface area contributed by atoms with Crippen molar-refractivity contribution in [3.63, 3.8) is 0 Å². The molecule has 0 saturated heterocycles. The van der Waals surface area contributed by atoms with Crippen LogP contribution in [0.3, 0.4) is 0 Å². The van der Waals surface area contributed by atoms with E-state index in [1.807, 2.05) is 36.4 Å². The highest BCUT2D eigenvalue weighted by molar-refractivity contribution is 7.99. The number of hydrogen-bond acceptors (Lipinski definition) is 3. The number of benzene rings is 1. The van der Waals surface area contributed by atoms with Gasteiger partial charge in [0, 0.05) is 18.1 Å². The first-order valence-corrected chi connectivity index (χ1v) is 7.15. The Morgan fingerprint density at radius 1 is 1.44 bits per heavy atom. The molecule has 0 bridgehead atoms. The number of nitrogens with two attached hydrogens (primary N) is 1. The van der Waals surface area contributed by atoms with Gasteiger partial charge >= 0.3 is 0 Å². The minimum absolute atomic E-state index is 0.0851. The molecule has 1 aromatic carbocycles. The molecule has 0 aliphatic rings. The molecular formula is C14H20N2OS. The van der Waals surface area contributed by atoms with Gasteiger partial charge in [-0.1, -0.05) is 36.4 Å². The normalized spacial score (nSPS) is 11.8. The van der Waals surface area contributed by atoms with Crippen LogP contribution in [0.15, 0.2) is 43.0 Å². The van der Waals surface area contributed by atoms with Crippen molar-refractivity contribution >= 4 is 17.7 Å². The Morgan fingerprint density at radius 3 is 2.83 bits per heavy atom. The zero-order chi connectivity index (χ0) is 13.2. The number of thioether (sulfide) groups is 1. The predicted molar refractivity (Wildman–Crippen MR) is 78.7 cm³/mol. The Labute approximate surface area is 113 Å². The lowest BCUT2D eigenvalue weighted by Crippen LogP contribution is -2.42. The predicted octanol–water partition coefficient (Wildman–Crippen LogP) is 1.59. The van der Waals surface area contributed by atoms with E-state index < -0.39 is 6.04 Å². The van der Waals surface area contributed by atoms with Crippen LogP contribution in [0.4, 0.5) is 0 Å². The molecular weight excluding hydrogens is 244 g/mol. The van der Waals surface area contributed by atoms with E-state index in [1.54, 1.807) is 11.8 Å². The fourth-order valence-electron chi connectivity index (χ4n) is 1.50. The summed E-state index contributed by atoms with van der Waals surface area (Å²) >= 11 is 1.74. The van der Waals surface area contributed by atoms with E-state index >= 15 is 0 Å². The molecule has 98 valence electrons. The van der Waals surface area contributed by atoms with Gasteiger partial charge in [-0.3, -0.25) is 4.79 Å². The summed E-state index contributed by atoms with van der Waals surface area (Å²) < 4.78 is 0. The van der Waals surface area contributed by atoms with Crippen LogP contribution in [0.1, 0.15) is 5.56 Å². The van der Waals surface area contributed by atoms with Crippen LogP contribution < -0.4 is 11.1 Å². The summed E-state index contributed by atoms with van der Waals surface area (Å²) in [5, 5.41) is 2.84. The Kier molecular flexibility index (Phi) is 7.22. The van der Waals surface area contributed by atoms with Gasteiger partial charge in [-0.2, -0.15) is 11.8 Å². The molecule has 0 saturated carbocycles. The molecule has 0 spiro atoms. The number of hydrogen-bond donors (Lipinski definition) is 2. The van der Waals surface area contributed by atoms with Crippen molar-refractivity contribution in [3.8, 4) is 0 Å². The average molecular weight is 264 g/mol. The van der Waals surface area contributed by atoms with Crippen molar-refractivity contribution in [1.82, 2.24) is 5.32 Å². The molecule has 4 heteroatoms. The van der Waals surface area contributed by atoms with Gasteiger partial charge in [0.15, 0.2) is 0 Å². The molecule has 0 aromatic heterocycles. The lowest BCUT2D eigenvalue weighted by atomic mass is 10.1. The van der Waals surface area contributed by atoms with Gasteiger partial charge in [-0.25, -0.2) is 0 Å².